The number of nitrogens with zero attached hydrogens (tertiary/aromatic N) is 1. The lowest BCUT2D eigenvalue weighted by atomic mass is 9.81. The van der Waals surface area contributed by atoms with Crippen LogP contribution in [0.5, 0.6) is 5.75 Å². The molecule has 0 bridgehead atoms. The topological polar surface area (TPSA) is 29.5 Å². The maximum Gasteiger partial charge on any atom is 0.163 e. The Kier molecular flexibility index (Phi) is 4.82. The average molecular weight is 301 g/mol. The van der Waals surface area contributed by atoms with Gasteiger partial charge in [-0.3, -0.25) is 9.69 Å². The van der Waals surface area contributed by atoms with E-state index in [1.165, 1.54) is 49.9 Å². The second-order valence-electron chi connectivity index (χ2n) is 6.53. The number of hydrogen-bond donors (Lipinski definition) is 0. The Morgan fingerprint density at radius 3 is 2.73 bits per heavy atom. The van der Waals surface area contributed by atoms with Crippen LogP contribution in [-0.4, -0.2) is 30.9 Å². The van der Waals surface area contributed by atoms with Crippen molar-refractivity contribution in [2.45, 2.75) is 57.9 Å². The summed E-state index contributed by atoms with van der Waals surface area (Å²) in [4.78, 5) is 15.2. The minimum Gasteiger partial charge on any atom is -0.496 e. The first-order chi connectivity index (χ1) is 10.8. The molecule has 1 aliphatic carbocycles. The van der Waals surface area contributed by atoms with Crippen molar-refractivity contribution in [1.29, 1.82) is 0 Å². The Hall–Kier alpha value is -1.35. The fourth-order valence-corrected chi connectivity index (χ4v) is 4.11. The zero-order chi connectivity index (χ0) is 15.5. The zero-order valence-electron chi connectivity index (χ0n) is 13.9. The molecule has 1 heterocycles. The number of rotatable bonds is 5. The minimum absolute atomic E-state index is 0.299. The third-order valence-corrected chi connectivity index (χ3v) is 5.13. The van der Waals surface area contributed by atoms with E-state index in [2.05, 4.69) is 11.8 Å². The Labute approximate surface area is 133 Å². The van der Waals surface area contributed by atoms with Crippen LogP contribution in [0.1, 0.15) is 73.0 Å². The van der Waals surface area contributed by atoms with Gasteiger partial charge in [-0.15, -0.1) is 0 Å². The van der Waals surface area contributed by atoms with Crippen LogP contribution in [0.2, 0.25) is 0 Å². The number of fused-ring (bicyclic) bond motifs is 1. The molecule has 3 heteroatoms. The number of ether oxygens (including phenoxy) is 1. The third-order valence-electron chi connectivity index (χ3n) is 5.13. The maximum atomic E-state index is 12.6. The van der Waals surface area contributed by atoms with Gasteiger partial charge in [0, 0.05) is 18.0 Å². The van der Waals surface area contributed by atoms with Crippen molar-refractivity contribution in [2.75, 3.05) is 20.2 Å². The number of methoxy groups -OCH3 is 1. The highest BCUT2D eigenvalue weighted by Crippen LogP contribution is 2.42. The molecule has 1 aliphatic heterocycles. The van der Waals surface area contributed by atoms with Gasteiger partial charge in [0.15, 0.2) is 5.78 Å². The molecule has 1 saturated heterocycles. The normalized spacial score (nSPS) is 21.6. The molecule has 0 unspecified atom stereocenters. The first-order valence-corrected chi connectivity index (χ1v) is 8.73. The molecule has 0 amide bonds. The van der Waals surface area contributed by atoms with E-state index in [-0.39, 0.29) is 0 Å². The lowest BCUT2D eigenvalue weighted by Crippen LogP contribution is -2.30. The lowest BCUT2D eigenvalue weighted by Gasteiger charge is -2.35. The molecule has 0 radical (unpaired) electrons. The fourth-order valence-electron chi connectivity index (χ4n) is 4.11. The van der Waals surface area contributed by atoms with E-state index in [4.69, 9.17) is 4.74 Å². The number of hydrogen-bond acceptors (Lipinski definition) is 3. The predicted molar refractivity (Wildman–Crippen MR) is 88.7 cm³/mol. The SMILES string of the molecule is CCCC(=O)c1ccc(OC)c2c1[C@H](N1CCCC1)CCC2. The summed E-state index contributed by atoms with van der Waals surface area (Å²) in [6.45, 7) is 4.41. The summed E-state index contributed by atoms with van der Waals surface area (Å²) in [6, 6.07) is 4.41. The number of ketones is 1. The van der Waals surface area contributed by atoms with Gasteiger partial charge in [0.1, 0.15) is 5.75 Å². The van der Waals surface area contributed by atoms with Crippen LogP contribution in [0.15, 0.2) is 12.1 Å². The van der Waals surface area contributed by atoms with Crippen LogP contribution in [0.4, 0.5) is 0 Å². The van der Waals surface area contributed by atoms with Crippen molar-refractivity contribution in [1.82, 2.24) is 4.90 Å². The maximum absolute atomic E-state index is 12.6. The summed E-state index contributed by atoms with van der Waals surface area (Å²) < 4.78 is 5.59. The lowest BCUT2D eigenvalue weighted by molar-refractivity contribution is 0.0977. The van der Waals surface area contributed by atoms with Crippen LogP contribution in [0, 0.1) is 0 Å². The van der Waals surface area contributed by atoms with E-state index in [1.54, 1.807) is 7.11 Å². The van der Waals surface area contributed by atoms with Gasteiger partial charge < -0.3 is 4.74 Å². The summed E-state index contributed by atoms with van der Waals surface area (Å²) in [5.74, 6) is 1.26. The van der Waals surface area contributed by atoms with Crippen molar-refractivity contribution < 1.29 is 9.53 Å². The third kappa shape index (κ3) is 2.79. The fraction of sp³-hybridized carbons (Fsp3) is 0.632. The highest BCUT2D eigenvalue weighted by atomic mass is 16.5. The molecule has 3 nitrogen and oxygen atoms in total. The first-order valence-electron chi connectivity index (χ1n) is 8.73. The molecule has 120 valence electrons. The highest BCUT2D eigenvalue weighted by molar-refractivity contribution is 5.98. The molecule has 1 fully saturated rings. The average Bonchev–Trinajstić information content (AvgIpc) is 3.07. The van der Waals surface area contributed by atoms with Crippen molar-refractivity contribution >= 4 is 5.78 Å². The van der Waals surface area contributed by atoms with Gasteiger partial charge in [-0.1, -0.05) is 6.92 Å². The molecular formula is C19H27NO2. The van der Waals surface area contributed by atoms with Gasteiger partial charge >= 0.3 is 0 Å². The second-order valence-corrected chi connectivity index (χ2v) is 6.53. The van der Waals surface area contributed by atoms with Gasteiger partial charge in [-0.05, 0) is 74.9 Å². The van der Waals surface area contributed by atoms with Gasteiger partial charge in [-0.25, -0.2) is 0 Å². The predicted octanol–water partition coefficient (Wildman–Crippen LogP) is 4.15. The Morgan fingerprint density at radius 1 is 1.27 bits per heavy atom. The number of likely N-dealkylation sites (tertiary alicyclic amines) is 1. The van der Waals surface area contributed by atoms with Gasteiger partial charge in [0.2, 0.25) is 0 Å². The summed E-state index contributed by atoms with van der Waals surface area (Å²) in [5, 5.41) is 0. The zero-order valence-corrected chi connectivity index (χ0v) is 13.9. The number of carbonyl (C=O) groups excluding carboxylic acids is 1. The standard InChI is InChI=1S/C19H27NO2/c1-3-7-17(21)14-10-11-18(22-2)15-8-6-9-16(19(14)15)20-12-4-5-13-20/h10-11,16H,3-9,12-13H2,1-2H3/t16-/m1/s1. The Morgan fingerprint density at radius 2 is 2.05 bits per heavy atom. The van der Waals surface area contributed by atoms with Crippen molar-refractivity contribution in [3.63, 3.8) is 0 Å². The monoisotopic (exact) mass is 301 g/mol. The van der Waals surface area contributed by atoms with Crippen molar-refractivity contribution in [3.05, 3.63) is 28.8 Å². The summed E-state index contributed by atoms with van der Waals surface area (Å²) in [5.41, 5.74) is 3.52. The van der Waals surface area contributed by atoms with E-state index in [0.29, 0.717) is 18.2 Å². The molecule has 1 aromatic rings. The summed E-state index contributed by atoms with van der Waals surface area (Å²) >= 11 is 0. The molecule has 0 saturated carbocycles. The van der Waals surface area contributed by atoms with E-state index >= 15 is 0 Å². The minimum atomic E-state index is 0.299. The molecule has 2 aliphatic rings. The van der Waals surface area contributed by atoms with Gasteiger partial charge in [0.25, 0.3) is 0 Å². The van der Waals surface area contributed by atoms with Crippen LogP contribution in [0.25, 0.3) is 0 Å². The van der Waals surface area contributed by atoms with Crippen LogP contribution in [0.3, 0.4) is 0 Å². The Bertz CT molecular complexity index is 547. The number of Topliss-reactive ketones (excluding diaryl/α,β-unsaturated/α-hetero) is 1. The molecule has 22 heavy (non-hydrogen) atoms. The van der Waals surface area contributed by atoms with Crippen LogP contribution < -0.4 is 4.74 Å². The molecule has 0 aromatic heterocycles. The van der Waals surface area contributed by atoms with E-state index in [9.17, 15) is 4.79 Å². The molecule has 0 N–H and O–H groups in total. The molecule has 1 aromatic carbocycles. The molecule has 0 spiro atoms. The van der Waals surface area contributed by atoms with Gasteiger partial charge in [0.05, 0.1) is 7.11 Å². The molecular weight excluding hydrogens is 274 g/mol. The summed E-state index contributed by atoms with van der Waals surface area (Å²) in [7, 11) is 1.74. The van der Waals surface area contributed by atoms with Crippen LogP contribution >= 0.6 is 0 Å². The van der Waals surface area contributed by atoms with E-state index in [1.807, 2.05) is 12.1 Å². The molecule has 3 rings (SSSR count). The largest absolute Gasteiger partial charge is 0.496 e. The van der Waals surface area contributed by atoms with Crippen LogP contribution in [-0.2, 0) is 6.42 Å². The second kappa shape index (κ2) is 6.82. The first kappa shape index (κ1) is 15.5. The van der Waals surface area contributed by atoms with Gasteiger partial charge in [-0.2, -0.15) is 0 Å². The van der Waals surface area contributed by atoms with E-state index < -0.39 is 0 Å². The smallest absolute Gasteiger partial charge is 0.163 e. The van der Waals surface area contributed by atoms with Crippen molar-refractivity contribution in [2.24, 2.45) is 0 Å². The highest BCUT2D eigenvalue weighted by Gasteiger charge is 2.32. The number of benzene rings is 1. The Balaban J connectivity index is 2.06. The van der Waals surface area contributed by atoms with E-state index in [0.717, 1.165) is 24.2 Å². The number of carbonyl (C=O) groups is 1. The quantitative estimate of drug-likeness (QED) is 0.765. The summed E-state index contributed by atoms with van der Waals surface area (Å²) in [6.07, 6.45) is 7.53. The molecule has 1 atom stereocenters. The van der Waals surface area contributed by atoms with Crippen molar-refractivity contribution in [3.8, 4) is 5.75 Å².